The molecule has 1 aliphatic rings. The van der Waals surface area contributed by atoms with Crippen LogP contribution in [-0.4, -0.2) is 4.98 Å². The topological polar surface area (TPSA) is 12.9 Å². The molecule has 0 spiro atoms. The van der Waals surface area contributed by atoms with E-state index in [1.807, 2.05) is 12.3 Å². The minimum Gasteiger partial charge on any atom is -0.248 e. The van der Waals surface area contributed by atoms with E-state index in [9.17, 15) is 0 Å². The average molecular weight is 332 g/mol. The number of hydrogen-bond acceptors (Lipinski definition) is 1. The van der Waals surface area contributed by atoms with E-state index in [0.29, 0.717) is 0 Å². The lowest BCUT2D eigenvalue weighted by Gasteiger charge is -2.28. The second-order valence-corrected chi connectivity index (χ2v) is 7.28. The van der Waals surface area contributed by atoms with Crippen LogP contribution in [0.1, 0.15) is 80.7 Å². The van der Waals surface area contributed by atoms with E-state index in [2.05, 4.69) is 61.0 Å². The molecule has 0 radical (unpaired) electrons. The molecule has 0 saturated heterocycles. The number of benzene rings is 1. The summed E-state index contributed by atoms with van der Waals surface area (Å²) in [6.07, 6.45) is 11.2. The van der Waals surface area contributed by atoms with Gasteiger partial charge in [0.1, 0.15) is 5.69 Å². The highest BCUT2D eigenvalue weighted by atomic mass is 14.7. The summed E-state index contributed by atoms with van der Waals surface area (Å²) in [5.74, 6) is 8.13. The van der Waals surface area contributed by atoms with Gasteiger partial charge in [0, 0.05) is 11.8 Å². The van der Waals surface area contributed by atoms with Crippen LogP contribution in [0.25, 0.3) is 0 Å². The van der Waals surface area contributed by atoms with Gasteiger partial charge in [-0.2, -0.15) is 0 Å². The fraction of sp³-hybridized carbons (Fsp3) is 0.458. The normalized spacial score (nSPS) is 19.9. The van der Waals surface area contributed by atoms with Crippen LogP contribution in [0.2, 0.25) is 0 Å². The monoisotopic (exact) mass is 331 g/mol. The van der Waals surface area contributed by atoms with E-state index in [4.69, 9.17) is 0 Å². The van der Waals surface area contributed by atoms with Crippen LogP contribution in [0.3, 0.4) is 0 Å². The summed E-state index contributed by atoms with van der Waals surface area (Å²) < 4.78 is 0. The molecular formula is C24H29N. The molecule has 0 N–H and O–H groups in total. The summed E-state index contributed by atoms with van der Waals surface area (Å²) in [5.41, 5.74) is 4.66. The van der Waals surface area contributed by atoms with E-state index in [1.54, 1.807) is 0 Å². The third-order valence-electron chi connectivity index (χ3n) is 5.49. The molecule has 0 unspecified atom stereocenters. The third-order valence-corrected chi connectivity index (χ3v) is 5.49. The number of aromatic nitrogens is 1. The van der Waals surface area contributed by atoms with Crippen molar-refractivity contribution in [2.45, 2.75) is 64.7 Å². The molecule has 1 nitrogen and oxygen atoms in total. The zero-order valence-corrected chi connectivity index (χ0v) is 15.6. The van der Waals surface area contributed by atoms with E-state index < -0.39 is 0 Å². The predicted molar refractivity (Wildman–Crippen MR) is 106 cm³/mol. The molecule has 1 aromatic heterocycles. The van der Waals surface area contributed by atoms with Gasteiger partial charge < -0.3 is 0 Å². The van der Waals surface area contributed by atoms with Gasteiger partial charge in [-0.05, 0) is 79.2 Å². The van der Waals surface area contributed by atoms with Gasteiger partial charge in [-0.3, -0.25) is 0 Å². The summed E-state index contributed by atoms with van der Waals surface area (Å²) in [5, 5.41) is 0. The second kappa shape index (κ2) is 8.86. The largest absolute Gasteiger partial charge is 0.248 e. The highest BCUT2D eigenvalue weighted by Gasteiger charge is 2.21. The maximum absolute atomic E-state index is 4.40. The highest BCUT2D eigenvalue weighted by molar-refractivity contribution is 5.41. The Morgan fingerprint density at radius 2 is 1.68 bits per heavy atom. The van der Waals surface area contributed by atoms with Crippen molar-refractivity contribution in [3.05, 3.63) is 65.0 Å². The van der Waals surface area contributed by atoms with Gasteiger partial charge in [0.05, 0.1) is 0 Å². The van der Waals surface area contributed by atoms with Gasteiger partial charge in [0.2, 0.25) is 0 Å². The summed E-state index contributed by atoms with van der Waals surface area (Å²) >= 11 is 0. The predicted octanol–water partition coefficient (Wildman–Crippen LogP) is 6.12. The van der Waals surface area contributed by atoms with Gasteiger partial charge in [-0.15, -0.1) is 0 Å². The van der Waals surface area contributed by atoms with E-state index in [1.165, 1.54) is 49.7 Å². The molecule has 0 amide bonds. The number of rotatable bonds is 4. The lowest BCUT2D eigenvalue weighted by atomic mass is 9.77. The average Bonchev–Trinajstić information content (AvgIpc) is 2.68. The van der Waals surface area contributed by atoms with Crippen LogP contribution in [-0.2, 0) is 6.42 Å². The Morgan fingerprint density at radius 1 is 0.920 bits per heavy atom. The van der Waals surface area contributed by atoms with Crippen molar-refractivity contribution in [2.24, 2.45) is 5.92 Å². The van der Waals surface area contributed by atoms with Crippen LogP contribution in [0.15, 0.2) is 42.6 Å². The van der Waals surface area contributed by atoms with Crippen LogP contribution in [0.5, 0.6) is 0 Å². The van der Waals surface area contributed by atoms with Crippen molar-refractivity contribution >= 4 is 0 Å². The van der Waals surface area contributed by atoms with Crippen molar-refractivity contribution in [1.82, 2.24) is 4.98 Å². The van der Waals surface area contributed by atoms with Crippen LogP contribution in [0, 0.1) is 17.8 Å². The Bertz CT molecular complexity index is 707. The molecule has 3 rings (SSSR count). The first kappa shape index (κ1) is 17.7. The molecule has 0 aliphatic heterocycles. The molecule has 1 heterocycles. The molecule has 1 saturated carbocycles. The van der Waals surface area contributed by atoms with E-state index >= 15 is 0 Å². The van der Waals surface area contributed by atoms with Gasteiger partial charge in [-0.1, -0.05) is 50.8 Å². The smallest absolute Gasteiger partial charge is 0.113 e. The summed E-state index contributed by atoms with van der Waals surface area (Å²) in [4.78, 5) is 4.40. The number of aryl methyl sites for hydroxylation is 1. The summed E-state index contributed by atoms with van der Waals surface area (Å²) in [7, 11) is 0. The fourth-order valence-corrected chi connectivity index (χ4v) is 3.88. The van der Waals surface area contributed by atoms with Gasteiger partial charge >= 0.3 is 0 Å². The standard InChI is InChI=1S/C24H29N/c1-3-5-20-6-12-22(13-7-20)23-14-8-21(9-15-23)11-17-24-16-10-19(4-2)18-25-24/h8-10,14-16,18,20,22H,3-7,12-13H2,1-2H3. The maximum atomic E-state index is 4.40. The molecule has 1 aliphatic carbocycles. The molecule has 130 valence electrons. The van der Waals surface area contributed by atoms with Gasteiger partial charge in [0.25, 0.3) is 0 Å². The molecule has 1 aromatic carbocycles. The summed E-state index contributed by atoms with van der Waals surface area (Å²) in [6, 6.07) is 13.0. The molecule has 1 heteroatoms. The lowest BCUT2D eigenvalue weighted by molar-refractivity contribution is 0.308. The van der Waals surface area contributed by atoms with Crippen molar-refractivity contribution in [3.63, 3.8) is 0 Å². The molecule has 0 atom stereocenters. The third kappa shape index (κ3) is 4.95. The maximum Gasteiger partial charge on any atom is 0.113 e. The molecular weight excluding hydrogens is 302 g/mol. The first-order valence-corrected chi connectivity index (χ1v) is 9.85. The number of nitrogens with zero attached hydrogens (tertiary/aromatic N) is 1. The zero-order valence-electron chi connectivity index (χ0n) is 15.6. The Balaban J connectivity index is 1.60. The lowest BCUT2D eigenvalue weighted by Crippen LogP contribution is -2.13. The first-order valence-electron chi connectivity index (χ1n) is 9.85. The number of pyridine rings is 1. The van der Waals surface area contributed by atoms with Crippen LogP contribution < -0.4 is 0 Å². The van der Waals surface area contributed by atoms with Crippen molar-refractivity contribution < 1.29 is 0 Å². The molecule has 25 heavy (non-hydrogen) atoms. The Morgan fingerprint density at radius 3 is 2.28 bits per heavy atom. The first-order chi connectivity index (χ1) is 12.3. The van der Waals surface area contributed by atoms with Crippen molar-refractivity contribution in [1.29, 1.82) is 0 Å². The fourth-order valence-electron chi connectivity index (χ4n) is 3.88. The zero-order chi connectivity index (χ0) is 17.5. The SMILES string of the molecule is CCCC1CCC(c2ccc(C#Cc3ccc(CC)cn3)cc2)CC1. The Labute approximate surface area is 152 Å². The quantitative estimate of drug-likeness (QED) is 0.615. The molecule has 1 fully saturated rings. The van der Waals surface area contributed by atoms with E-state index in [-0.39, 0.29) is 0 Å². The van der Waals surface area contributed by atoms with Crippen LogP contribution in [0.4, 0.5) is 0 Å². The summed E-state index contributed by atoms with van der Waals surface area (Å²) in [6.45, 7) is 4.44. The van der Waals surface area contributed by atoms with Crippen LogP contribution >= 0.6 is 0 Å². The Kier molecular flexibility index (Phi) is 6.29. The molecule has 2 aromatic rings. The number of hydrogen-bond donors (Lipinski definition) is 0. The minimum absolute atomic E-state index is 0.748. The Hall–Kier alpha value is -2.07. The molecule has 0 bridgehead atoms. The van der Waals surface area contributed by atoms with Gasteiger partial charge in [-0.25, -0.2) is 4.98 Å². The minimum atomic E-state index is 0.748. The van der Waals surface area contributed by atoms with E-state index in [0.717, 1.165) is 29.5 Å². The second-order valence-electron chi connectivity index (χ2n) is 7.28. The van der Waals surface area contributed by atoms with Crippen molar-refractivity contribution in [2.75, 3.05) is 0 Å². The van der Waals surface area contributed by atoms with Crippen molar-refractivity contribution in [3.8, 4) is 11.8 Å². The highest BCUT2D eigenvalue weighted by Crippen LogP contribution is 2.37. The van der Waals surface area contributed by atoms with Gasteiger partial charge in [0.15, 0.2) is 0 Å².